The standard InChI is InChI=1S/C39H72O11/c1-3-5-7-9-11-13-15-16-17-18-20-21-23-25-27-32(40)47-29-31(30-48-39-36(44)34(42)35(43)37(50-39)38(45)46)49-33(41)28-26-24-22-19-14-12-10-8-6-4-2/h31,34-37,39,42-44H,3-30H2,1-2H3,(H,45,46). The van der Waals surface area contributed by atoms with Crippen LogP contribution in [0.2, 0.25) is 0 Å². The predicted octanol–water partition coefficient (Wildman–Crippen LogP) is 7.53. The lowest BCUT2D eigenvalue weighted by atomic mass is 9.99. The summed E-state index contributed by atoms with van der Waals surface area (Å²) in [6, 6.07) is 0. The summed E-state index contributed by atoms with van der Waals surface area (Å²) in [7, 11) is 0. The van der Waals surface area contributed by atoms with E-state index in [1.807, 2.05) is 0 Å². The van der Waals surface area contributed by atoms with Crippen LogP contribution in [-0.2, 0) is 33.3 Å². The first-order valence-electron chi connectivity index (χ1n) is 20.1. The first kappa shape index (κ1) is 46.2. The maximum atomic E-state index is 12.7. The lowest BCUT2D eigenvalue weighted by molar-refractivity contribution is -0.298. The van der Waals surface area contributed by atoms with Crippen molar-refractivity contribution in [3.8, 4) is 0 Å². The van der Waals surface area contributed by atoms with Crippen LogP contribution in [0.25, 0.3) is 0 Å². The Hall–Kier alpha value is -1.79. The molecule has 6 unspecified atom stereocenters. The fourth-order valence-electron chi connectivity index (χ4n) is 6.23. The zero-order valence-electron chi connectivity index (χ0n) is 31.4. The van der Waals surface area contributed by atoms with E-state index in [9.17, 15) is 34.8 Å². The summed E-state index contributed by atoms with van der Waals surface area (Å²) >= 11 is 0. The fourth-order valence-corrected chi connectivity index (χ4v) is 6.23. The van der Waals surface area contributed by atoms with Gasteiger partial charge >= 0.3 is 17.9 Å². The topological polar surface area (TPSA) is 169 Å². The first-order valence-corrected chi connectivity index (χ1v) is 20.1. The van der Waals surface area contributed by atoms with E-state index in [1.165, 1.54) is 103 Å². The summed E-state index contributed by atoms with van der Waals surface area (Å²) in [5.74, 6) is -2.43. The van der Waals surface area contributed by atoms with Gasteiger partial charge < -0.3 is 39.4 Å². The molecule has 11 nitrogen and oxygen atoms in total. The summed E-state index contributed by atoms with van der Waals surface area (Å²) in [5.41, 5.74) is 0. The lowest BCUT2D eigenvalue weighted by Crippen LogP contribution is -2.60. The van der Waals surface area contributed by atoms with Crippen LogP contribution in [0.4, 0.5) is 0 Å². The third-order valence-electron chi connectivity index (χ3n) is 9.46. The Balaban J connectivity index is 2.40. The molecule has 0 saturated carbocycles. The normalized spacial score (nSPS) is 21.2. The molecule has 1 aliphatic rings. The molecule has 0 aromatic heterocycles. The monoisotopic (exact) mass is 717 g/mol. The van der Waals surface area contributed by atoms with Crippen LogP contribution in [0.15, 0.2) is 0 Å². The molecule has 4 N–H and O–H groups in total. The highest BCUT2D eigenvalue weighted by Gasteiger charge is 2.47. The van der Waals surface area contributed by atoms with Gasteiger partial charge in [-0.15, -0.1) is 0 Å². The third-order valence-corrected chi connectivity index (χ3v) is 9.46. The predicted molar refractivity (Wildman–Crippen MR) is 192 cm³/mol. The van der Waals surface area contributed by atoms with Gasteiger partial charge in [0.15, 0.2) is 18.5 Å². The average Bonchev–Trinajstić information content (AvgIpc) is 3.09. The number of hydrogen-bond acceptors (Lipinski definition) is 10. The molecule has 1 rings (SSSR count). The fraction of sp³-hybridized carbons (Fsp3) is 0.923. The number of aliphatic carboxylic acids is 1. The van der Waals surface area contributed by atoms with Crippen molar-refractivity contribution in [1.29, 1.82) is 0 Å². The quantitative estimate of drug-likeness (QED) is 0.0391. The Morgan fingerprint density at radius 1 is 0.540 bits per heavy atom. The van der Waals surface area contributed by atoms with Crippen molar-refractivity contribution in [2.75, 3.05) is 13.2 Å². The number of aliphatic hydroxyl groups is 3. The summed E-state index contributed by atoms with van der Waals surface area (Å²) in [4.78, 5) is 36.6. The Bertz CT molecular complexity index is 854. The van der Waals surface area contributed by atoms with Crippen molar-refractivity contribution in [3.63, 3.8) is 0 Å². The molecule has 0 amide bonds. The van der Waals surface area contributed by atoms with Crippen molar-refractivity contribution in [1.82, 2.24) is 0 Å². The summed E-state index contributed by atoms with van der Waals surface area (Å²) < 4.78 is 21.6. The van der Waals surface area contributed by atoms with Crippen LogP contribution in [0.1, 0.15) is 181 Å². The summed E-state index contributed by atoms with van der Waals surface area (Å²) in [6.45, 7) is 3.79. The van der Waals surface area contributed by atoms with Crippen molar-refractivity contribution in [2.45, 2.75) is 218 Å². The smallest absolute Gasteiger partial charge is 0.335 e. The second kappa shape index (κ2) is 30.8. The number of carboxylic acids is 1. The minimum absolute atomic E-state index is 0.189. The van der Waals surface area contributed by atoms with E-state index in [2.05, 4.69) is 13.8 Å². The average molecular weight is 717 g/mol. The molecule has 0 bridgehead atoms. The van der Waals surface area contributed by atoms with E-state index in [0.29, 0.717) is 12.8 Å². The number of carbonyl (C=O) groups is 3. The van der Waals surface area contributed by atoms with E-state index in [0.717, 1.165) is 38.5 Å². The second-order valence-corrected chi connectivity index (χ2v) is 14.1. The number of ether oxygens (including phenoxy) is 4. The number of carbonyl (C=O) groups excluding carboxylic acids is 2. The van der Waals surface area contributed by atoms with Crippen LogP contribution >= 0.6 is 0 Å². The molecule has 0 aliphatic carbocycles. The van der Waals surface area contributed by atoms with Gasteiger partial charge in [0.05, 0.1) is 6.61 Å². The summed E-state index contributed by atoms with van der Waals surface area (Å²) in [5, 5.41) is 39.6. The van der Waals surface area contributed by atoms with E-state index >= 15 is 0 Å². The molecular formula is C39H72O11. The molecule has 0 spiro atoms. The Morgan fingerprint density at radius 2 is 0.940 bits per heavy atom. The van der Waals surface area contributed by atoms with Gasteiger partial charge in [-0.05, 0) is 12.8 Å². The molecule has 1 fully saturated rings. The molecule has 0 aromatic rings. The van der Waals surface area contributed by atoms with E-state index < -0.39 is 54.7 Å². The molecule has 11 heteroatoms. The van der Waals surface area contributed by atoms with Gasteiger partial charge in [-0.3, -0.25) is 9.59 Å². The largest absolute Gasteiger partial charge is 0.479 e. The van der Waals surface area contributed by atoms with Gasteiger partial charge in [0, 0.05) is 12.8 Å². The Morgan fingerprint density at radius 3 is 1.36 bits per heavy atom. The SMILES string of the molecule is CCCCCCCCCCCCCCCCC(=O)OCC(COC1OC(C(=O)O)C(O)C(O)C1O)OC(=O)CCCCCCCCCCCC. The van der Waals surface area contributed by atoms with Gasteiger partial charge in [-0.1, -0.05) is 155 Å². The van der Waals surface area contributed by atoms with Crippen LogP contribution in [0.3, 0.4) is 0 Å². The number of esters is 2. The third kappa shape index (κ3) is 22.9. The highest BCUT2D eigenvalue weighted by molar-refractivity contribution is 5.73. The molecule has 1 aliphatic heterocycles. The minimum atomic E-state index is -1.85. The van der Waals surface area contributed by atoms with Crippen molar-refractivity contribution < 1.29 is 53.8 Å². The first-order chi connectivity index (χ1) is 24.2. The van der Waals surface area contributed by atoms with E-state index in [1.54, 1.807) is 0 Å². The van der Waals surface area contributed by atoms with Crippen molar-refractivity contribution >= 4 is 17.9 Å². The molecule has 1 heterocycles. The van der Waals surface area contributed by atoms with Crippen LogP contribution in [-0.4, -0.2) is 88.4 Å². The maximum absolute atomic E-state index is 12.7. The summed E-state index contributed by atoms with van der Waals surface area (Å²) in [6.07, 6.45) is 18.8. The van der Waals surface area contributed by atoms with Gasteiger partial charge in [0.1, 0.15) is 24.9 Å². The Labute approximate surface area is 302 Å². The number of carboxylic acid groups (broad SMARTS) is 1. The molecular weight excluding hydrogens is 644 g/mol. The second-order valence-electron chi connectivity index (χ2n) is 14.1. The number of aliphatic hydroxyl groups excluding tert-OH is 3. The highest BCUT2D eigenvalue weighted by Crippen LogP contribution is 2.23. The molecule has 0 aromatic carbocycles. The van der Waals surface area contributed by atoms with Gasteiger partial charge in [0.2, 0.25) is 0 Å². The maximum Gasteiger partial charge on any atom is 0.335 e. The lowest BCUT2D eigenvalue weighted by Gasteiger charge is -2.38. The highest BCUT2D eigenvalue weighted by atomic mass is 16.7. The zero-order chi connectivity index (χ0) is 36.8. The molecule has 6 atom stereocenters. The zero-order valence-corrected chi connectivity index (χ0v) is 31.4. The number of hydrogen-bond donors (Lipinski definition) is 4. The molecule has 50 heavy (non-hydrogen) atoms. The minimum Gasteiger partial charge on any atom is -0.479 e. The van der Waals surface area contributed by atoms with Crippen molar-refractivity contribution in [2.24, 2.45) is 0 Å². The van der Waals surface area contributed by atoms with Gasteiger partial charge in [0.25, 0.3) is 0 Å². The molecule has 294 valence electrons. The number of rotatable bonds is 33. The van der Waals surface area contributed by atoms with Gasteiger partial charge in [-0.2, -0.15) is 0 Å². The van der Waals surface area contributed by atoms with Crippen LogP contribution < -0.4 is 0 Å². The Kier molecular flexibility index (Phi) is 28.5. The molecule has 0 radical (unpaired) electrons. The van der Waals surface area contributed by atoms with Crippen LogP contribution in [0, 0.1) is 0 Å². The van der Waals surface area contributed by atoms with E-state index in [-0.39, 0.29) is 26.1 Å². The van der Waals surface area contributed by atoms with E-state index in [4.69, 9.17) is 18.9 Å². The molecule has 1 saturated heterocycles. The number of unbranched alkanes of at least 4 members (excludes halogenated alkanes) is 22. The van der Waals surface area contributed by atoms with Crippen molar-refractivity contribution in [3.05, 3.63) is 0 Å². The van der Waals surface area contributed by atoms with Gasteiger partial charge in [-0.25, -0.2) is 4.79 Å². The van der Waals surface area contributed by atoms with Crippen LogP contribution in [0.5, 0.6) is 0 Å².